The Bertz CT molecular complexity index is 380. The van der Waals surface area contributed by atoms with E-state index >= 15 is 0 Å². The fraction of sp³-hybridized carbons (Fsp3) is 0.625. The van der Waals surface area contributed by atoms with Gasteiger partial charge in [0.1, 0.15) is 18.5 Å². The number of nitrogens with zero attached hydrogens (tertiary/aromatic N) is 1. The molecule has 2 N–H and O–H groups in total. The largest absolute Gasteiger partial charge is 0.491 e. The molecular weight excluding hydrogens is 252 g/mol. The molecule has 20 heavy (non-hydrogen) atoms. The molecule has 4 heteroatoms. The van der Waals surface area contributed by atoms with Crippen molar-refractivity contribution in [3.8, 4) is 5.75 Å². The zero-order valence-electron chi connectivity index (χ0n) is 13.1. The van der Waals surface area contributed by atoms with Gasteiger partial charge in [-0.15, -0.1) is 0 Å². The van der Waals surface area contributed by atoms with Crippen LogP contribution in [0.1, 0.15) is 25.3 Å². The van der Waals surface area contributed by atoms with Gasteiger partial charge in [0.05, 0.1) is 0 Å². The van der Waals surface area contributed by atoms with Crippen LogP contribution >= 0.6 is 0 Å². The van der Waals surface area contributed by atoms with Crippen LogP contribution in [-0.2, 0) is 0 Å². The molecule has 1 aromatic carbocycles. The van der Waals surface area contributed by atoms with Gasteiger partial charge in [0.15, 0.2) is 0 Å². The second-order valence-corrected chi connectivity index (χ2v) is 5.66. The maximum atomic E-state index is 9.90. The van der Waals surface area contributed by atoms with Gasteiger partial charge < -0.3 is 20.1 Å². The predicted molar refractivity (Wildman–Crippen MR) is 83.5 cm³/mol. The van der Waals surface area contributed by atoms with Crippen LogP contribution in [0.4, 0.5) is 0 Å². The van der Waals surface area contributed by atoms with E-state index in [2.05, 4.69) is 30.1 Å². The van der Waals surface area contributed by atoms with E-state index in [-0.39, 0.29) is 0 Å². The lowest BCUT2D eigenvalue weighted by molar-refractivity contribution is 0.105. The van der Waals surface area contributed by atoms with E-state index in [4.69, 9.17) is 4.74 Å². The van der Waals surface area contributed by atoms with Crippen molar-refractivity contribution in [2.45, 2.75) is 25.9 Å². The van der Waals surface area contributed by atoms with Crippen LogP contribution in [0, 0.1) is 0 Å². The van der Waals surface area contributed by atoms with Crippen LogP contribution in [-0.4, -0.2) is 56.4 Å². The Labute approximate surface area is 122 Å². The Morgan fingerprint density at radius 1 is 1.25 bits per heavy atom. The lowest BCUT2D eigenvalue weighted by Gasteiger charge is -2.17. The number of hydrogen-bond donors (Lipinski definition) is 2. The Hall–Kier alpha value is -1.10. The maximum absolute atomic E-state index is 9.90. The lowest BCUT2D eigenvalue weighted by Crippen LogP contribution is -2.35. The minimum Gasteiger partial charge on any atom is -0.491 e. The predicted octanol–water partition coefficient (Wildman–Crippen LogP) is 1.70. The second kappa shape index (κ2) is 8.95. The number of benzene rings is 1. The first-order chi connectivity index (χ1) is 9.50. The molecule has 1 rings (SSSR count). The van der Waals surface area contributed by atoms with Gasteiger partial charge in [0, 0.05) is 19.6 Å². The highest BCUT2D eigenvalue weighted by Crippen LogP contribution is 2.25. The van der Waals surface area contributed by atoms with Crippen molar-refractivity contribution >= 4 is 0 Å². The first kappa shape index (κ1) is 17.0. The number of aliphatic hydroxyl groups excluding tert-OH is 1. The molecule has 0 spiro atoms. The highest BCUT2D eigenvalue weighted by atomic mass is 16.5. The number of rotatable bonds is 9. The van der Waals surface area contributed by atoms with Crippen molar-refractivity contribution in [2.24, 2.45) is 0 Å². The van der Waals surface area contributed by atoms with Crippen LogP contribution < -0.4 is 10.1 Å². The number of likely N-dealkylation sites (N-methyl/N-ethyl adjacent to an activating group) is 1. The van der Waals surface area contributed by atoms with E-state index in [1.807, 2.05) is 32.3 Å². The molecule has 0 bridgehead atoms. The number of para-hydroxylation sites is 1. The highest BCUT2D eigenvalue weighted by Gasteiger charge is 2.09. The molecule has 0 radical (unpaired) electrons. The van der Waals surface area contributed by atoms with E-state index in [1.165, 1.54) is 5.56 Å². The van der Waals surface area contributed by atoms with Gasteiger partial charge in [0.2, 0.25) is 0 Å². The minimum atomic E-state index is -0.489. The summed E-state index contributed by atoms with van der Waals surface area (Å²) in [6.07, 6.45) is -0.489. The fourth-order valence-electron chi connectivity index (χ4n) is 1.91. The summed E-state index contributed by atoms with van der Waals surface area (Å²) in [6.45, 7) is 6.98. The molecule has 0 saturated carbocycles. The van der Waals surface area contributed by atoms with Gasteiger partial charge in [-0.2, -0.15) is 0 Å². The Kier molecular flexibility index (Phi) is 7.59. The molecule has 0 aliphatic heterocycles. The van der Waals surface area contributed by atoms with Crippen LogP contribution in [0.5, 0.6) is 5.75 Å². The van der Waals surface area contributed by atoms with Gasteiger partial charge in [-0.3, -0.25) is 0 Å². The standard InChI is InChI=1S/C16H28N2O2/c1-13(2)15-7-5-6-8-16(15)20-12-14(19)11-17-9-10-18(3)4/h5-8,13-14,17,19H,9-12H2,1-4H3/t14-/m0/s1. The smallest absolute Gasteiger partial charge is 0.122 e. The van der Waals surface area contributed by atoms with Crippen LogP contribution in [0.2, 0.25) is 0 Å². The zero-order chi connectivity index (χ0) is 15.0. The Morgan fingerprint density at radius 2 is 1.95 bits per heavy atom. The second-order valence-electron chi connectivity index (χ2n) is 5.66. The van der Waals surface area contributed by atoms with E-state index < -0.39 is 6.10 Å². The number of nitrogens with one attached hydrogen (secondary N) is 1. The number of hydrogen-bond acceptors (Lipinski definition) is 4. The third-order valence-electron chi connectivity index (χ3n) is 3.09. The van der Waals surface area contributed by atoms with Crippen molar-refractivity contribution in [3.63, 3.8) is 0 Å². The van der Waals surface area contributed by atoms with Crippen molar-refractivity contribution in [1.82, 2.24) is 10.2 Å². The molecule has 114 valence electrons. The average Bonchev–Trinajstić information content (AvgIpc) is 2.41. The molecule has 0 unspecified atom stereocenters. The quantitative estimate of drug-likeness (QED) is 0.676. The summed E-state index contributed by atoms with van der Waals surface area (Å²) in [5.74, 6) is 1.29. The van der Waals surface area contributed by atoms with Crippen molar-refractivity contribution in [3.05, 3.63) is 29.8 Å². The fourth-order valence-corrected chi connectivity index (χ4v) is 1.91. The highest BCUT2D eigenvalue weighted by molar-refractivity contribution is 5.35. The summed E-state index contributed by atoms with van der Waals surface area (Å²) in [6, 6.07) is 8.01. The Balaban J connectivity index is 2.32. The number of aliphatic hydroxyl groups is 1. The third-order valence-corrected chi connectivity index (χ3v) is 3.09. The van der Waals surface area contributed by atoms with Crippen molar-refractivity contribution < 1.29 is 9.84 Å². The monoisotopic (exact) mass is 280 g/mol. The van der Waals surface area contributed by atoms with Crippen LogP contribution in [0.3, 0.4) is 0 Å². The third kappa shape index (κ3) is 6.37. The lowest BCUT2D eigenvalue weighted by atomic mass is 10.0. The van der Waals surface area contributed by atoms with E-state index in [0.29, 0.717) is 19.1 Å². The SMILES string of the molecule is CC(C)c1ccccc1OC[C@@H](O)CNCCN(C)C. The summed E-state index contributed by atoms with van der Waals surface area (Å²) >= 11 is 0. The first-order valence-electron chi connectivity index (χ1n) is 7.26. The van der Waals surface area contributed by atoms with E-state index in [9.17, 15) is 5.11 Å². The summed E-state index contributed by atoms with van der Waals surface area (Å²) in [4.78, 5) is 2.11. The normalized spacial score (nSPS) is 12.9. The summed E-state index contributed by atoms with van der Waals surface area (Å²) in [5, 5.41) is 13.1. The van der Waals surface area contributed by atoms with Gasteiger partial charge in [0.25, 0.3) is 0 Å². The summed E-state index contributed by atoms with van der Waals surface area (Å²) < 4.78 is 5.74. The number of ether oxygens (including phenoxy) is 1. The molecule has 0 aliphatic carbocycles. The van der Waals surface area contributed by atoms with Gasteiger partial charge >= 0.3 is 0 Å². The van der Waals surface area contributed by atoms with Gasteiger partial charge in [-0.1, -0.05) is 32.0 Å². The van der Waals surface area contributed by atoms with Crippen LogP contribution in [0.15, 0.2) is 24.3 Å². The molecule has 0 fully saturated rings. The van der Waals surface area contributed by atoms with E-state index in [1.54, 1.807) is 0 Å². The topological polar surface area (TPSA) is 44.7 Å². The molecule has 0 saturated heterocycles. The molecule has 0 aromatic heterocycles. The molecule has 0 amide bonds. The molecular formula is C16H28N2O2. The van der Waals surface area contributed by atoms with Crippen molar-refractivity contribution in [2.75, 3.05) is 40.3 Å². The van der Waals surface area contributed by atoms with Gasteiger partial charge in [-0.25, -0.2) is 0 Å². The molecule has 0 aliphatic rings. The maximum Gasteiger partial charge on any atom is 0.122 e. The molecule has 1 atom stereocenters. The average molecular weight is 280 g/mol. The molecule has 1 aromatic rings. The first-order valence-corrected chi connectivity index (χ1v) is 7.26. The molecule has 4 nitrogen and oxygen atoms in total. The Morgan fingerprint density at radius 3 is 2.60 bits per heavy atom. The van der Waals surface area contributed by atoms with E-state index in [0.717, 1.165) is 18.8 Å². The minimum absolute atomic E-state index is 0.318. The van der Waals surface area contributed by atoms with Crippen LogP contribution in [0.25, 0.3) is 0 Å². The molecule has 0 heterocycles. The zero-order valence-corrected chi connectivity index (χ0v) is 13.1. The summed E-state index contributed by atoms with van der Waals surface area (Å²) in [7, 11) is 4.06. The summed E-state index contributed by atoms with van der Waals surface area (Å²) in [5.41, 5.74) is 1.18. The van der Waals surface area contributed by atoms with Crippen molar-refractivity contribution in [1.29, 1.82) is 0 Å². The van der Waals surface area contributed by atoms with Gasteiger partial charge in [-0.05, 0) is 31.6 Å².